The Kier molecular flexibility index (Phi) is 4.03. The third kappa shape index (κ3) is 4.32. The van der Waals surface area contributed by atoms with E-state index in [0.29, 0.717) is 12.3 Å². The fraction of sp³-hybridized carbons (Fsp3) is 0.857. The van der Waals surface area contributed by atoms with Crippen molar-refractivity contribution in [2.45, 2.75) is 32.7 Å². The highest BCUT2D eigenvalue weighted by Gasteiger charge is 2.06. The molecular weight excluding hydrogens is 130 g/mol. The Bertz CT molecular complexity index is 112. The van der Waals surface area contributed by atoms with E-state index in [1.807, 2.05) is 0 Å². The lowest BCUT2D eigenvalue weighted by molar-refractivity contribution is -0.438. The van der Waals surface area contributed by atoms with Crippen LogP contribution in [0.15, 0.2) is 0 Å². The number of hydrogen-bond acceptors (Lipinski definition) is 2. The van der Waals surface area contributed by atoms with Crippen LogP contribution in [0.25, 0.3) is 0 Å². The minimum Gasteiger partial charge on any atom is -0.544 e. The van der Waals surface area contributed by atoms with Gasteiger partial charge in [0.2, 0.25) is 0 Å². The van der Waals surface area contributed by atoms with E-state index in [2.05, 4.69) is 19.6 Å². The van der Waals surface area contributed by atoms with Gasteiger partial charge in [-0.05, 0) is 12.3 Å². The van der Waals surface area contributed by atoms with Crippen LogP contribution >= 0.6 is 0 Å². The Morgan fingerprint density at radius 1 is 1.50 bits per heavy atom. The summed E-state index contributed by atoms with van der Waals surface area (Å²) in [5.41, 5.74) is 3.45. The van der Waals surface area contributed by atoms with Gasteiger partial charge in [0.15, 0.2) is 0 Å². The molecular formula is C7H15NO2. The molecule has 0 radical (unpaired) electrons. The van der Waals surface area contributed by atoms with Gasteiger partial charge < -0.3 is 15.6 Å². The second kappa shape index (κ2) is 4.28. The van der Waals surface area contributed by atoms with E-state index in [0.717, 1.165) is 6.42 Å². The average Bonchev–Trinajstić information content (AvgIpc) is 1.82. The fourth-order valence-corrected chi connectivity index (χ4v) is 0.652. The third-order valence-electron chi connectivity index (χ3n) is 1.43. The molecule has 0 saturated heterocycles. The number of carbonyl (C=O) groups excluding carboxylic acids is 1. The van der Waals surface area contributed by atoms with E-state index in [1.54, 1.807) is 0 Å². The lowest BCUT2D eigenvalue weighted by Gasteiger charge is -2.09. The van der Waals surface area contributed by atoms with Crippen LogP contribution < -0.4 is 10.8 Å². The van der Waals surface area contributed by atoms with Crippen molar-refractivity contribution in [1.29, 1.82) is 0 Å². The fourth-order valence-electron chi connectivity index (χ4n) is 0.652. The van der Waals surface area contributed by atoms with Crippen LogP contribution in [0.3, 0.4) is 0 Å². The largest absolute Gasteiger partial charge is 0.544 e. The van der Waals surface area contributed by atoms with Crippen LogP contribution in [0, 0.1) is 5.92 Å². The smallest absolute Gasteiger partial charge is 0.124 e. The molecule has 0 unspecified atom stereocenters. The van der Waals surface area contributed by atoms with Crippen LogP contribution in [-0.4, -0.2) is 12.0 Å². The van der Waals surface area contributed by atoms with Gasteiger partial charge in [0.05, 0.1) is 5.97 Å². The molecule has 0 amide bonds. The van der Waals surface area contributed by atoms with Gasteiger partial charge in [-0.25, -0.2) is 0 Å². The molecule has 3 heteroatoms. The monoisotopic (exact) mass is 145 g/mol. The first-order chi connectivity index (χ1) is 4.54. The highest BCUT2D eigenvalue weighted by Crippen LogP contribution is 2.03. The SMILES string of the molecule is CC(C)CC[C@@H]([NH3+])C(=O)[O-]. The molecule has 3 N–H and O–H groups in total. The van der Waals surface area contributed by atoms with Crippen molar-refractivity contribution in [1.82, 2.24) is 0 Å². The highest BCUT2D eigenvalue weighted by atomic mass is 16.4. The number of quaternary nitrogens is 1. The maximum atomic E-state index is 10.1. The highest BCUT2D eigenvalue weighted by molar-refractivity contribution is 5.68. The summed E-state index contributed by atoms with van der Waals surface area (Å²) in [5.74, 6) is -0.496. The maximum Gasteiger partial charge on any atom is 0.124 e. The number of carbonyl (C=O) groups is 1. The molecule has 0 aromatic heterocycles. The molecule has 0 aliphatic carbocycles. The molecule has 1 atom stereocenters. The van der Waals surface area contributed by atoms with E-state index >= 15 is 0 Å². The molecule has 0 aliphatic heterocycles. The van der Waals surface area contributed by atoms with Crippen molar-refractivity contribution < 1.29 is 15.6 Å². The summed E-state index contributed by atoms with van der Waals surface area (Å²) in [4.78, 5) is 10.1. The lowest BCUT2D eigenvalue weighted by Crippen LogP contribution is -2.68. The van der Waals surface area contributed by atoms with Gasteiger partial charge in [0.25, 0.3) is 0 Å². The molecule has 0 aromatic carbocycles. The molecule has 10 heavy (non-hydrogen) atoms. The summed E-state index contributed by atoms with van der Waals surface area (Å²) in [6.07, 6.45) is 1.53. The molecule has 0 bridgehead atoms. The molecule has 3 nitrogen and oxygen atoms in total. The van der Waals surface area contributed by atoms with Gasteiger partial charge in [-0.2, -0.15) is 0 Å². The Morgan fingerprint density at radius 2 is 2.00 bits per heavy atom. The lowest BCUT2D eigenvalue weighted by atomic mass is 10.0. The summed E-state index contributed by atoms with van der Waals surface area (Å²) in [5, 5.41) is 10.1. The van der Waals surface area contributed by atoms with Gasteiger partial charge in [-0.3, -0.25) is 0 Å². The third-order valence-corrected chi connectivity index (χ3v) is 1.43. The molecule has 0 heterocycles. The Labute approximate surface area is 61.2 Å². The first-order valence-corrected chi connectivity index (χ1v) is 3.58. The van der Waals surface area contributed by atoms with Crippen LogP contribution in [0.5, 0.6) is 0 Å². The zero-order valence-electron chi connectivity index (χ0n) is 6.59. The minimum atomic E-state index is -1.04. The predicted octanol–water partition coefficient (Wildman–Crippen LogP) is -1.22. The molecule has 0 aromatic rings. The Hall–Kier alpha value is -0.570. The maximum absolute atomic E-state index is 10.1. The van der Waals surface area contributed by atoms with Crippen LogP contribution in [0.2, 0.25) is 0 Å². The molecule has 0 saturated carbocycles. The van der Waals surface area contributed by atoms with Crippen LogP contribution in [-0.2, 0) is 4.79 Å². The van der Waals surface area contributed by atoms with Gasteiger partial charge in [0.1, 0.15) is 6.04 Å². The second-order valence-electron chi connectivity index (χ2n) is 2.99. The van der Waals surface area contributed by atoms with E-state index in [9.17, 15) is 9.90 Å². The standard InChI is InChI=1S/C7H15NO2/c1-5(2)3-4-6(8)7(9)10/h5-6H,3-4,8H2,1-2H3,(H,9,10)/t6-/m1/s1. The normalized spacial score (nSPS) is 13.6. The minimum absolute atomic E-state index is 0.539. The topological polar surface area (TPSA) is 67.8 Å². The van der Waals surface area contributed by atoms with Crippen LogP contribution in [0.4, 0.5) is 0 Å². The van der Waals surface area contributed by atoms with Gasteiger partial charge in [-0.15, -0.1) is 0 Å². The van der Waals surface area contributed by atoms with Crippen molar-refractivity contribution in [3.8, 4) is 0 Å². The van der Waals surface area contributed by atoms with E-state index in [-0.39, 0.29) is 0 Å². The van der Waals surface area contributed by atoms with Crippen molar-refractivity contribution in [3.05, 3.63) is 0 Å². The van der Waals surface area contributed by atoms with E-state index in [1.165, 1.54) is 0 Å². The Balaban J connectivity index is 3.40. The summed E-state index contributed by atoms with van der Waals surface area (Å²) in [6.45, 7) is 4.12. The number of carboxylic acids is 1. The van der Waals surface area contributed by atoms with Crippen LogP contribution in [0.1, 0.15) is 26.7 Å². The van der Waals surface area contributed by atoms with Gasteiger partial charge in [-0.1, -0.05) is 13.8 Å². The van der Waals surface area contributed by atoms with Crippen molar-refractivity contribution in [2.24, 2.45) is 5.92 Å². The number of aliphatic carboxylic acids is 1. The molecule has 0 spiro atoms. The first-order valence-electron chi connectivity index (χ1n) is 3.58. The van der Waals surface area contributed by atoms with E-state index < -0.39 is 12.0 Å². The zero-order valence-corrected chi connectivity index (χ0v) is 6.59. The molecule has 0 aliphatic rings. The van der Waals surface area contributed by atoms with Crippen molar-refractivity contribution in [3.63, 3.8) is 0 Å². The predicted molar refractivity (Wildman–Crippen MR) is 35.8 cm³/mol. The van der Waals surface area contributed by atoms with Gasteiger partial charge in [0, 0.05) is 6.42 Å². The van der Waals surface area contributed by atoms with E-state index in [4.69, 9.17) is 0 Å². The van der Waals surface area contributed by atoms with Gasteiger partial charge >= 0.3 is 0 Å². The zero-order chi connectivity index (χ0) is 8.15. The summed E-state index contributed by atoms with van der Waals surface area (Å²) < 4.78 is 0. The second-order valence-corrected chi connectivity index (χ2v) is 2.99. The number of carboxylic acid groups (broad SMARTS) is 1. The molecule has 0 fully saturated rings. The number of rotatable bonds is 4. The quantitative estimate of drug-likeness (QED) is 0.539. The summed E-state index contributed by atoms with van der Waals surface area (Å²) in [7, 11) is 0. The number of hydrogen-bond donors (Lipinski definition) is 1. The molecule has 60 valence electrons. The Morgan fingerprint density at radius 3 is 2.30 bits per heavy atom. The first kappa shape index (κ1) is 9.43. The summed E-state index contributed by atoms with van der Waals surface area (Å²) in [6, 6.07) is -0.539. The average molecular weight is 145 g/mol. The molecule has 0 rings (SSSR count). The van der Waals surface area contributed by atoms with Crippen molar-refractivity contribution >= 4 is 5.97 Å². The summed E-state index contributed by atoms with van der Waals surface area (Å²) >= 11 is 0. The van der Waals surface area contributed by atoms with Crippen molar-refractivity contribution in [2.75, 3.05) is 0 Å².